The lowest BCUT2D eigenvalue weighted by molar-refractivity contribution is -0.00486. The maximum atomic E-state index is 13.6. The first-order chi connectivity index (χ1) is 14.3. The van der Waals surface area contributed by atoms with Crippen LogP contribution in [0.4, 0.5) is 15.3 Å². The van der Waals surface area contributed by atoms with Crippen LogP contribution >= 0.6 is 11.3 Å². The van der Waals surface area contributed by atoms with Crippen LogP contribution in [0, 0.1) is 19.7 Å². The molecule has 0 spiro atoms. The summed E-state index contributed by atoms with van der Waals surface area (Å²) in [6.07, 6.45) is -0.520. The highest BCUT2D eigenvalue weighted by Gasteiger charge is 2.32. The molecule has 1 aromatic carbocycles. The molecule has 1 atom stereocenters. The van der Waals surface area contributed by atoms with E-state index in [1.807, 2.05) is 13.0 Å². The third kappa shape index (κ3) is 4.33. The van der Waals surface area contributed by atoms with Crippen LogP contribution < -0.4 is 5.32 Å². The standard InChI is InChI=1S/C19H20FN5O3S2/c1-12-10-14(6-7-15(12)20)30(26,27)25-8-9-28-17(11-25)16-4-3-5-18(21-16)22-19-24-23-13(2)29-19/h3-7,10,17H,8-9,11H2,1-2H3,(H,21,22,24)/t17-/m0/s1. The lowest BCUT2D eigenvalue weighted by Crippen LogP contribution is -2.42. The summed E-state index contributed by atoms with van der Waals surface area (Å²) in [5.41, 5.74) is 0.893. The number of pyridine rings is 1. The average molecular weight is 450 g/mol. The zero-order valence-corrected chi connectivity index (χ0v) is 18.0. The molecular formula is C19H20FN5O3S2. The molecule has 8 nitrogen and oxygen atoms in total. The van der Waals surface area contributed by atoms with E-state index in [4.69, 9.17) is 4.74 Å². The molecule has 1 N–H and O–H groups in total. The van der Waals surface area contributed by atoms with E-state index in [-0.39, 0.29) is 30.2 Å². The summed E-state index contributed by atoms with van der Waals surface area (Å²) in [7, 11) is -3.77. The fourth-order valence-electron chi connectivity index (χ4n) is 3.11. The SMILES string of the molecule is Cc1nnc(Nc2cccc([C@@H]3CN(S(=O)(=O)c4ccc(F)c(C)c4)CCO3)n2)s1. The fourth-order valence-corrected chi connectivity index (χ4v) is 5.22. The number of benzene rings is 1. The molecule has 158 valence electrons. The molecule has 2 aromatic heterocycles. The zero-order chi connectivity index (χ0) is 21.3. The van der Waals surface area contributed by atoms with Crippen molar-refractivity contribution in [1.29, 1.82) is 0 Å². The Labute approximate surface area is 177 Å². The number of rotatable bonds is 5. The van der Waals surface area contributed by atoms with Crippen molar-refractivity contribution in [1.82, 2.24) is 19.5 Å². The topological polar surface area (TPSA) is 97.3 Å². The van der Waals surface area contributed by atoms with Gasteiger partial charge in [-0.15, -0.1) is 10.2 Å². The number of nitrogens with one attached hydrogen (secondary N) is 1. The second kappa shape index (κ2) is 8.34. The van der Waals surface area contributed by atoms with Crippen molar-refractivity contribution >= 4 is 32.3 Å². The maximum absolute atomic E-state index is 13.6. The summed E-state index contributed by atoms with van der Waals surface area (Å²) in [4.78, 5) is 4.61. The van der Waals surface area contributed by atoms with Crippen molar-refractivity contribution in [2.75, 3.05) is 25.0 Å². The van der Waals surface area contributed by atoms with E-state index in [1.54, 1.807) is 19.1 Å². The minimum atomic E-state index is -3.77. The van der Waals surface area contributed by atoms with E-state index in [2.05, 4.69) is 20.5 Å². The Hall–Kier alpha value is -2.47. The molecule has 11 heteroatoms. The molecule has 0 aliphatic carbocycles. The second-order valence-electron chi connectivity index (χ2n) is 6.83. The van der Waals surface area contributed by atoms with Crippen LogP contribution in [0.2, 0.25) is 0 Å². The van der Waals surface area contributed by atoms with Crippen LogP contribution in [0.3, 0.4) is 0 Å². The molecular weight excluding hydrogens is 429 g/mol. The van der Waals surface area contributed by atoms with Crippen LogP contribution in [0.5, 0.6) is 0 Å². The Morgan fingerprint density at radius 1 is 1.23 bits per heavy atom. The summed E-state index contributed by atoms with van der Waals surface area (Å²) in [6, 6.07) is 9.21. The third-order valence-corrected chi connectivity index (χ3v) is 7.27. The quantitative estimate of drug-likeness (QED) is 0.639. The van der Waals surface area contributed by atoms with Crippen molar-refractivity contribution in [2.45, 2.75) is 24.8 Å². The lowest BCUT2D eigenvalue weighted by Gasteiger charge is -2.32. The molecule has 0 bridgehead atoms. The van der Waals surface area contributed by atoms with Gasteiger partial charge in [0.25, 0.3) is 0 Å². The van der Waals surface area contributed by atoms with E-state index in [1.165, 1.54) is 33.8 Å². The van der Waals surface area contributed by atoms with Gasteiger partial charge in [-0.25, -0.2) is 17.8 Å². The highest BCUT2D eigenvalue weighted by Crippen LogP contribution is 2.28. The van der Waals surface area contributed by atoms with Gasteiger partial charge >= 0.3 is 0 Å². The fraction of sp³-hybridized carbons (Fsp3) is 0.316. The summed E-state index contributed by atoms with van der Waals surface area (Å²) in [6.45, 7) is 3.97. The minimum Gasteiger partial charge on any atom is -0.369 e. The largest absolute Gasteiger partial charge is 0.369 e. The number of morpholine rings is 1. The van der Waals surface area contributed by atoms with E-state index < -0.39 is 21.9 Å². The number of sulfonamides is 1. The molecule has 0 amide bonds. The van der Waals surface area contributed by atoms with Gasteiger partial charge in [0, 0.05) is 13.1 Å². The summed E-state index contributed by atoms with van der Waals surface area (Å²) in [5.74, 6) is 0.134. The lowest BCUT2D eigenvalue weighted by atomic mass is 10.2. The number of nitrogens with zero attached hydrogens (tertiary/aromatic N) is 4. The van der Waals surface area contributed by atoms with E-state index >= 15 is 0 Å². The van der Waals surface area contributed by atoms with Gasteiger partial charge in [-0.05, 0) is 49.7 Å². The van der Waals surface area contributed by atoms with Crippen molar-refractivity contribution < 1.29 is 17.5 Å². The van der Waals surface area contributed by atoms with Gasteiger partial charge in [-0.3, -0.25) is 0 Å². The molecule has 1 saturated heterocycles. The normalized spacial score (nSPS) is 17.8. The molecule has 4 rings (SSSR count). The Morgan fingerprint density at radius 2 is 2.07 bits per heavy atom. The van der Waals surface area contributed by atoms with E-state index in [0.29, 0.717) is 16.6 Å². The summed E-state index contributed by atoms with van der Waals surface area (Å²) in [5, 5.41) is 12.5. The first-order valence-electron chi connectivity index (χ1n) is 9.25. The van der Waals surface area contributed by atoms with Crippen LogP contribution in [-0.2, 0) is 14.8 Å². The van der Waals surface area contributed by atoms with Gasteiger partial charge in [0.15, 0.2) is 0 Å². The molecule has 0 unspecified atom stereocenters. The number of anilines is 2. The smallest absolute Gasteiger partial charge is 0.243 e. The molecule has 1 aliphatic rings. The van der Waals surface area contributed by atoms with Gasteiger partial charge in [0.2, 0.25) is 15.2 Å². The van der Waals surface area contributed by atoms with Crippen molar-refractivity contribution in [3.63, 3.8) is 0 Å². The molecule has 0 saturated carbocycles. The van der Waals surface area contributed by atoms with Crippen LogP contribution in [-0.4, -0.2) is 47.6 Å². The number of aryl methyl sites for hydroxylation is 2. The predicted octanol–water partition coefficient (Wildman–Crippen LogP) is 3.19. The Bertz CT molecular complexity index is 1170. The van der Waals surface area contributed by atoms with Gasteiger partial charge in [0.05, 0.1) is 17.2 Å². The predicted molar refractivity (Wildman–Crippen MR) is 111 cm³/mol. The van der Waals surface area contributed by atoms with Gasteiger partial charge in [-0.1, -0.05) is 17.4 Å². The highest BCUT2D eigenvalue weighted by atomic mass is 32.2. The molecule has 1 fully saturated rings. The van der Waals surface area contributed by atoms with Gasteiger partial charge in [-0.2, -0.15) is 4.31 Å². The number of hydrogen-bond donors (Lipinski definition) is 1. The maximum Gasteiger partial charge on any atom is 0.243 e. The summed E-state index contributed by atoms with van der Waals surface area (Å²) < 4.78 is 46.8. The van der Waals surface area contributed by atoms with Crippen LogP contribution in [0.1, 0.15) is 22.4 Å². The highest BCUT2D eigenvalue weighted by molar-refractivity contribution is 7.89. The second-order valence-corrected chi connectivity index (χ2v) is 9.95. The monoisotopic (exact) mass is 449 g/mol. The molecule has 3 aromatic rings. The van der Waals surface area contributed by atoms with Crippen molar-refractivity contribution in [2.24, 2.45) is 0 Å². The third-order valence-electron chi connectivity index (χ3n) is 4.66. The van der Waals surface area contributed by atoms with Crippen LogP contribution in [0.25, 0.3) is 0 Å². The molecule has 1 aliphatic heterocycles. The molecule has 0 radical (unpaired) electrons. The van der Waals surface area contributed by atoms with E-state index in [9.17, 15) is 12.8 Å². The first-order valence-corrected chi connectivity index (χ1v) is 11.5. The van der Waals surface area contributed by atoms with E-state index in [0.717, 1.165) is 5.01 Å². The molecule has 30 heavy (non-hydrogen) atoms. The van der Waals surface area contributed by atoms with Gasteiger partial charge in [0.1, 0.15) is 22.7 Å². The van der Waals surface area contributed by atoms with Gasteiger partial charge < -0.3 is 10.1 Å². The number of hydrogen-bond acceptors (Lipinski definition) is 8. The Balaban J connectivity index is 1.53. The van der Waals surface area contributed by atoms with Crippen molar-refractivity contribution in [3.8, 4) is 0 Å². The average Bonchev–Trinajstić information content (AvgIpc) is 3.15. The first kappa shape index (κ1) is 20.8. The van der Waals surface area contributed by atoms with Crippen molar-refractivity contribution in [3.05, 3.63) is 58.5 Å². The zero-order valence-electron chi connectivity index (χ0n) is 16.4. The minimum absolute atomic E-state index is 0.0667. The number of halogens is 1. The molecule has 3 heterocycles. The van der Waals surface area contributed by atoms with Crippen LogP contribution in [0.15, 0.2) is 41.3 Å². The number of aromatic nitrogens is 3. The summed E-state index contributed by atoms with van der Waals surface area (Å²) >= 11 is 1.41. The number of ether oxygens (including phenoxy) is 1. The Morgan fingerprint density at radius 3 is 2.80 bits per heavy atom. The Kier molecular flexibility index (Phi) is 5.78.